The minimum atomic E-state index is -0.606. The van der Waals surface area contributed by atoms with Crippen molar-refractivity contribution in [1.29, 1.82) is 5.26 Å². The van der Waals surface area contributed by atoms with Crippen LogP contribution in [0.25, 0.3) is 11.3 Å². The molecule has 4 rings (SSSR count). The number of ether oxygens (including phenoxy) is 1. The summed E-state index contributed by atoms with van der Waals surface area (Å²) in [4.78, 5) is 29.5. The number of rotatable bonds is 4. The van der Waals surface area contributed by atoms with Crippen LogP contribution in [-0.2, 0) is 4.74 Å². The zero-order chi connectivity index (χ0) is 24.6. The second kappa shape index (κ2) is 9.09. The molecule has 0 unspecified atom stereocenters. The fourth-order valence-corrected chi connectivity index (χ4v) is 4.31. The summed E-state index contributed by atoms with van der Waals surface area (Å²) in [5, 5.41) is 13.0. The van der Waals surface area contributed by atoms with E-state index >= 15 is 0 Å². The fraction of sp³-hybridized carbons (Fsp3) is 0.520. The molecule has 9 heteroatoms. The van der Waals surface area contributed by atoms with Crippen LogP contribution in [0.15, 0.2) is 22.7 Å². The second-order valence-electron chi connectivity index (χ2n) is 9.93. The molecule has 1 aromatic heterocycles. The molecule has 180 valence electrons. The van der Waals surface area contributed by atoms with Gasteiger partial charge in [-0.05, 0) is 71.6 Å². The van der Waals surface area contributed by atoms with Gasteiger partial charge in [0.15, 0.2) is 11.5 Å². The normalized spacial score (nSPS) is 16.8. The third-order valence-corrected chi connectivity index (χ3v) is 6.15. The van der Waals surface area contributed by atoms with E-state index in [1.165, 1.54) is 12.1 Å². The maximum absolute atomic E-state index is 14.5. The van der Waals surface area contributed by atoms with Gasteiger partial charge >= 0.3 is 6.09 Å². The van der Waals surface area contributed by atoms with Crippen molar-refractivity contribution in [3.63, 3.8) is 0 Å². The number of nitrogens with zero attached hydrogens (tertiary/aromatic N) is 4. The number of carbonyl (C=O) groups excluding carboxylic acids is 2. The molecule has 0 N–H and O–H groups in total. The van der Waals surface area contributed by atoms with E-state index in [4.69, 9.17) is 14.5 Å². The lowest BCUT2D eigenvalue weighted by Crippen LogP contribution is -2.50. The van der Waals surface area contributed by atoms with Crippen molar-refractivity contribution in [2.24, 2.45) is 0 Å². The summed E-state index contributed by atoms with van der Waals surface area (Å²) in [6.07, 6.45) is 2.81. The first kappa shape index (κ1) is 23.7. The number of piperidine rings is 1. The molecule has 0 bridgehead atoms. The average molecular weight is 469 g/mol. The Bertz CT molecular complexity index is 1130. The van der Waals surface area contributed by atoms with Gasteiger partial charge in [-0.1, -0.05) is 5.16 Å². The van der Waals surface area contributed by atoms with Crippen LogP contribution < -0.4 is 0 Å². The van der Waals surface area contributed by atoms with Crippen molar-refractivity contribution < 1.29 is 23.2 Å². The molecular weight excluding hydrogens is 439 g/mol. The van der Waals surface area contributed by atoms with Crippen LogP contribution in [-0.4, -0.2) is 57.7 Å². The highest BCUT2D eigenvalue weighted by atomic mass is 19.1. The van der Waals surface area contributed by atoms with Gasteiger partial charge < -0.3 is 19.1 Å². The molecule has 2 fully saturated rings. The third kappa shape index (κ3) is 4.91. The molecule has 0 spiro atoms. The van der Waals surface area contributed by atoms with Crippen molar-refractivity contribution in [1.82, 2.24) is 15.0 Å². The molecule has 1 aliphatic carbocycles. The van der Waals surface area contributed by atoms with Gasteiger partial charge in [0.25, 0.3) is 5.91 Å². The Morgan fingerprint density at radius 2 is 1.85 bits per heavy atom. The molecule has 0 atom stereocenters. The monoisotopic (exact) mass is 468 g/mol. The highest BCUT2D eigenvalue weighted by Crippen LogP contribution is 2.35. The number of carbonyl (C=O) groups is 2. The molecule has 2 aromatic rings. The van der Waals surface area contributed by atoms with Crippen LogP contribution in [0.1, 0.15) is 68.1 Å². The Labute approximate surface area is 198 Å². The van der Waals surface area contributed by atoms with E-state index in [-0.39, 0.29) is 46.7 Å². The largest absolute Gasteiger partial charge is 0.444 e. The summed E-state index contributed by atoms with van der Waals surface area (Å²) in [6, 6.07) is 6.10. The lowest BCUT2D eigenvalue weighted by Gasteiger charge is -2.38. The Hall–Kier alpha value is -3.41. The van der Waals surface area contributed by atoms with Crippen molar-refractivity contribution >= 4 is 12.0 Å². The molecule has 0 radical (unpaired) electrons. The first-order chi connectivity index (χ1) is 16.1. The highest BCUT2D eigenvalue weighted by molar-refractivity contribution is 5.95. The van der Waals surface area contributed by atoms with Crippen LogP contribution in [0.3, 0.4) is 0 Å². The number of benzene rings is 1. The molecule has 1 saturated heterocycles. The minimum absolute atomic E-state index is 0.0233. The van der Waals surface area contributed by atoms with Crippen LogP contribution in [0.5, 0.6) is 0 Å². The lowest BCUT2D eigenvalue weighted by atomic mass is 10.0. The van der Waals surface area contributed by atoms with Gasteiger partial charge in [0.1, 0.15) is 11.4 Å². The first-order valence-electron chi connectivity index (χ1n) is 11.6. The molecule has 2 amide bonds. The Morgan fingerprint density at radius 1 is 1.21 bits per heavy atom. The fourth-order valence-electron chi connectivity index (χ4n) is 4.31. The van der Waals surface area contributed by atoms with Crippen molar-refractivity contribution in [3.05, 3.63) is 40.8 Å². The van der Waals surface area contributed by atoms with E-state index < -0.39 is 11.4 Å². The van der Waals surface area contributed by atoms with E-state index in [1.54, 1.807) is 11.8 Å². The molecule has 34 heavy (non-hydrogen) atoms. The predicted molar refractivity (Wildman–Crippen MR) is 121 cm³/mol. The summed E-state index contributed by atoms with van der Waals surface area (Å²) in [7, 11) is 0. The summed E-state index contributed by atoms with van der Waals surface area (Å²) in [5.74, 6) is -0.661. The van der Waals surface area contributed by atoms with Gasteiger partial charge in [0, 0.05) is 30.7 Å². The molecule has 1 aromatic carbocycles. The van der Waals surface area contributed by atoms with Crippen LogP contribution in [0.4, 0.5) is 9.18 Å². The van der Waals surface area contributed by atoms with Gasteiger partial charge in [0.05, 0.1) is 17.2 Å². The summed E-state index contributed by atoms with van der Waals surface area (Å²) < 4.78 is 25.4. The predicted octanol–water partition coefficient (Wildman–Crippen LogP) is 4.66. The number of nitriles is 1. The molecular formula is C25H29FN4O4. The summed E-state index contributed by atoms with van der Waals surface area (Å²) in [6.45, 7) is 8.22. The van der Waals surface area contributed by atoms with E-state index in [0.29, 0.717) is 31.5 Å². The molecule has 2 aliphatic rings. The van der Waals surface area contributed by atoms with E-state index in [2.05, 4.69) is 5.16 Å². The van der Waals surface area contributed by atoms with Crippen molar-refractivity contribution in [3.8, 4) is 17.4 Å². The molecule has 1 saturated carbocycles. The third-order valence-electron chi connectivity index (χ3n) is 6.15. The molecule has 8 nitrogen and oxygen atoms in total. The molecule has 1 aliphatic heterocycles. The number of halogens is 1. The quantitative estimate of drug-likeness (QED) is 0.647. The second-order valence-corrected chi connectivity index (χ2v) is 9.93. The SMILES string of the molecule is Cc1c(C(=O)N(C2CC2)C2CCN(C(=O)OC(C)(C)C)CC2)noc1-c1ccc(C#N)cc1F. The number of aromatic nitrogens is 1. The van der Waals surface area contributed by atoms with Gasteiger partial charge in [-0.25, -0.2) is 9.18 Å². The maximum atomic E-state index is 14.5. The van der Waals surface area contributed by atoms with Gasteiger partial charge in [-0.3, -0.25) is 4.79 Å². The zero-order valence-electron chi connectivity index (χ0n) is 19.9. The average Bonchev–Trinajstić information content (AvgIpc) is 3.54. The zero-order valence-corrected chi connectivity index (χ0v) is 19.9. The van der Waals surface area contributed by atoms with Crippen LogP contribution in [0.2, 0.25) is 0 Å². The van der Waals surface area contributed by atoms with Gasteiger partial charge in [0.2, 0.25) is 0 Å². The number of amides is 2. The lowest BCUT2D eigenvalue weighted by molar-refractivity contribution is 0.0141. The Morgan fingerprint density at radius 3 is 2.41 bits per heavy atom. The van der Waals surface area contributed by atoms with Crippen molar-refractivity contribution in [2.45, 2.75) is 71.1 Å². The standard InChI is InChI=1S/C25H29FN4O4/c1-15-21(28-34-22(15)19-8-5-16(14-27)13-20(19)26)23(31)30(17-6-7-17)18-9-11-29(12-10-18)24(32)33-25(2,3)4/h5,8,13,17-18H,6-7,9-12H2,1-4H3. The smallest absolute Gasteiger partial charge is 0.410 e. The summed E-state index contributed by atoms with van der Waals surface area (Å²) >= 11 is 0. The maximum Gasteiger partial charge on any atom is 0.410 e. The van der Waals surface area contributed by atoms with Gasteiger partial charge in [-0.15, -0.1) is 0 Å². The van der Waals surface area contributed by atoms with Crippen LogP contribution >= 0.6 is 0 Å². The highest BCUT2D eigenvalue weighted by Gasteiger charge is 2.41. The van der Waals surface area contributed by atoms with E-state index in [1.807, 2.05) is 31.7 Å². The molecule has 2 heterocycles. The Kier molecular flexibility index (Phi) is 6.34. The van der Waals surface area contributed by atoms with E-state index in [9.17, 15) is 14.0 Å². The Balaban J connectivity index is 1.50. The first-order valence-corrected chi connectivity index (χ1v) is 11.6. The minimum Gasteiger partial charge on any atom is -0.444 e. The topological polar surface area (TPSA) is 99.7 Å². The van der Waals surface area contributed by atoms with Crippen LogP contribution in [0, 0.1) is 24.1 Å². The number of hydrogen-bond acceptors (Lipinski definition) is 6. The van der Waals surface area contributed by atoms with Crippen molar-refractivity contribution in [2.75, 3.05) is 13.1 Å². The number of hydrogen-bond donors (Lipinski definition) is 0. The van der Waals surface area contributed by atoms with E-state index in [0.717, 1.165) is 18.9 Å². The van der Waals surface area contributed by atoms with Gasteiger partial charge in [-0.2, -0.15) is 5.26 Å². The summed E-state index contributed by atoms with van der Waals surface area (Å²) in [5.41, 5.74) is 0.435. The number of likely N-dealkylation sites (tertiary alicyclic amines) is 1.